The van der Waals surface area contributed by atoms with Crippen molar-refractivity contribution in [3.05, 3.63) is 0 Å². The van der Waals surface area contributed by atoms with Gasteiger partial charge in [-0.2, -0.15) is 5.26 Å². The SMILES string of the molecule is CN(CCC#N)C([O])=O. The van der Waals surface area contributed by atoms with E-state index in [2.05, 4.69) is 0 Å². The van der Waals surface area contributed by atoms with E-state index in [0.717, 1.165) is 4.90 Å². The molecule has 0 saturated heterocycles. The lowest BCUT2D eigenvalue weighted by Crippen LogP contribution is -2.24. The van der Waals surface area contributed by atoms with Crippen LogP contribution in [0.25, 0.3) is 0 Å². The monoisotopic (exact) mass is 127 g/mol. The molecule has 0 aromatic carbocycles. The lowest BCUT2D eigenvalue weighted by Gasteiger charge is -2.06. The van der Waals surface area contributed by atoms with Gasteiger partial charge in [0.2, 0.25) is 0 Å². The number of nitrogens with zero attached hydrogens (tertiary/aromatic N) is 2. The van der Waals surface area contributed by atoms with Crippen LogP contribution in [-0.4, -0.2) is 24.6 Å². The van der Waals surface area contributed by atoms with E-state index in [9.17, 15) is 9.90 Å². The Labute approximate surface area is 53.3 Å². The zero-order chi connectivity index (χ0) is 7.28. The molecule has 4 heteroatoms. The Morgan fingerprint density at radius 2 is 2.33 bits per heavy atom. The van der Waals surface area contributed by atoms with E-state index in [0.29, 0.717) is 0 Å². The summed E-state index contributed by atoms with van der Waals surface area (Å²) in [5.41, 5.74) is 0. The van der Waals surface area contributed by atoms with Crippen molar-refractivity contribution >= 4 is 6.09 Å². The number of nitriles is 1. The molecule has 0 aliphatic carbocycles. The third kappa shape index (κ3) is 3.35. The third-order valence-corrected chi connectivity index (χ3v) is 0.871. The quantitative estimate of drug-likeness (QED) is 0.538. The van der Waals surface area contributed by atoms with Gasteiger partial charge in [-0.25, -0.2) is 9.90 Å². The first-order valence-electron chi connectivity index (χ1n) is 2.47. The van der Waals surface area contributed by atoms with Crippen molar-refractivity contribution in [1.29, 1.82) is 5.26 Å². The predicted molar refractivity (Wildman–Crippen MR) is 28.9 cm³/mol. The minimum absolute atomic E-state index is 0.213. The van der Waals surface area contributed by atoms with Crippen LogP contribution < -0.4 is 0 Å². The maximum atomic E-state index is 9.91. The van der Waals surface area contributed by atoms with Crippen molar-refractivity contribution in [1.82, 2.24) is 4.90 Å². The molecule has 1 radical (unpaired) electrons. The maximum Gasteiger partial charge on any atom is 0.452 e. The van der Waals surface area contributed by atoms with Crippen molar-refractivity contribution in [3.8, 4) is 6.07 Å². The van der Waals surface area contributed by atoms with Gasteiger partial charge in [0.25, 0.3) is 0 Å². The predicted octanol–water partition coefficient (Wildman–Crippen LogP) is 0.382. The van der Waals surface area contributed by atoms with Crippen LogP contribution in [0.2, 0.25) is 0 Å². The van der Waals surface area contributed by atoms with Gasteiger partial charge < -0.3 is 4.90 Å². The Morgan fingerprint density at radius 3 is 2.67 bits per heavy atom. The standard InChI is InChI=1S/C5H7N2O2/c1-7(5(8)9)4-2-3-6/h2,4H2,1H3. The molecule has 9 heavy (non-hydrogen) atoms. The van der Waals surface area contributed by atoms with E-state index in [1.807, 2.05) is 6.07 Å². The van der Waals surface area contributed by atoms with Gasteiger partial charge in [-0.15, -0.1) is 0 Å². The van der Waals surface area contributed by atoms with Crippen LogP contribution in [-0.2, 0) is 5.11 Å². The Kier molecular flexibility index (Phi) is 3.21. The molecule has 1 amide bonds. The van der Waals surface area contributed by atoms with Crippen LogP contribution in [0.5, 0.6) is 0 Å². The highest BCUT2D eigenvalue weighted by atomic mass is 16.4. The van der Waals surface area contributed by atoms with Gasteiger partial charge in [0.15, 0.2) is 0 Å². The molecule has 0 aromatic heterocycles. The average molecular weight is 127 g/mol. The van der Waals surface area contributed by atoms with Gasteiger partial charge in [-0.05, 0) is 0 Å². The molecule has 0 N–H and O–H groups in total. The summed E-state index contributed by atoms with van der Waals surface area (Å²) in [6.45, 7) is 0.221. The lowest BCUT2D eigenvalue weighted by molar-refractivity contribution is 0.130. The first-order valence-corrected chi connectivity index (χ1v) is 2.47. The van der Waals surface area contributed by atoms with Gasteiger partial charge in [0.05, 0.1) is 12.5 Å². The Morgan fingerprint density at radius 1 is 1.78 bits per heavy atom. The fourth-order valence-electron chi connectivity index (χ4n) is 0.309. The van der Waals surface area contributed by atoms with Crippen LogP contribution in [0.4, 0.5) is 4.79 Å². The van der Waals surface area contributed by atoms with Gasteiger partial charge in [-0.3, -0.25) is 0 Å². The highest BCUT2D eigenvalue weighted by molar-refractivity contribution is 5.63. The van der Waals surface area contributed by atoms with E-state index >= 15 is 0 Å². The Hall–Kier alpha value is -1.24. The van der Waals surface area contributed by atoms with Crippen LogP contribution in [0, 0.1) is 11.3 Å². The number of carbonyl (C=O) groups is 1. The molecule has 0 unspecified atom stereocenters. The lowest BCUT2D eigenvalue weighted by atomic mass is 10.4. The van der Waals surface area contributed by atoms with Crippen molar-refractivity contribution in [2.45, 2.75) is 6.42 Å². The summed E-state index contributed by atoms with van der Waals surface area (Å²) in [5, 5.41) is 17.9. The normalized spacial score (nSPS) is 8.00. The van der Waals surface area contributed by atoms with Crippen molar-refractivity contribution < 1.29 is 9.90 Å². The molecule has 0 rings (SSSR count). The number of rotatable bonds is 2. The smallest absolute Gasteiger partial charge is 0.307 e. The van der Waals surface area contributed by atoms with Crippen molar-refractivity contribution in [2.24, 2.45) is 0 Å². The summed E-state index contributed by atoms with van der Waals surface area (Å²) in [4.78, 5) is 10.9. The second-order valence-corrected chi connectivity index (χ2v) is 1.60. The fraction of sp³-hybridized carbons (Fsp3) is 0.600. The maximum absolute atomic E-state index is 9.91. The van der Waals surface area contributed by atoms with E-state index in [1.54, 1.807) is 0 Å². The molecule has 49 valence electrons. The zero-order valence-corrected chi connectivity index (χ0v) is 5.13. The summed E-state index contributed by atoms with van der Waals surface area (Å²) in [6, 6.07) is 1.82. The van der Waals surface area contributed by atoms with E-state index in [4.69, 9.17) is 5.26 Å². The molecule has 0 aliphatic rings. The van der Waals surface area contributed by atoms with Gasteiger partial charge in [0.1, 0.15) is 0 Å². The Balaban J connectivity index is 3.41. The second kappa shape index (κ2) is 3.72. The molecule has 0 heterocycles. The third-order valence-electron chi connectivity index (χ3n) is 0.871. The highest BCUT2D eigenvalue weighted by Gasteiger charge is 2.04. The summed E-state index contributed by atoms with van der Waals surface area (Å²) in [6.07, 6.45) is -1.03. The zero-order valence-electron chi connectivity index (χ0n) is 5.13. The van der Waals surface area contributed by atoms with Crippen LogP contribution in [0.3, 0.4) is 0 Å². The molecule has 0 spiro atoms. The molecular weight excluding hydrogens is 120 g/mol. The van der Waals surface area contributed by atoms with E-state index in [-0.39, 0.29) is 13.0 Å². The van der Waals surface area contributed by atoms with E-state index in [1.165, 1.54) is 7.05 Å². The van der Waals surface area contributed by atoms with Crippen molar-refractivity contribution in [3.63, 3.8) is 0 Å². The highest BCUT2D eigenvalue weighted by Crippen LogP contribution is 1.85. The topological polar surface area (TPSA) is 64.0 Å². The average Bonchev–Trinajstić information content (AvgIpc) is 1.82. The molecule has 0 bridgehead atoms. The molecule has 0 saturated carbocycles. The molecule has 0 aromatic rings. The van der Waals surface area contributed by atoms with E-state index < -0.39 is 6.09 Å². The molecule has 0 atom stereocenters. The van der Waals surface area contributed by atoms with Gasteiger partial charge in [-0.1, -0.05) is 0 Å². The fourth-order valence-corrected chi connectivity index (χ4v) is 0.309. The second-order valence-electron chi connectivity index (χ2n) is 1.60. The number of amides is 1. The molecule has 0 fully saturated rings. The van der Waals surface area contributed by atoms with Crippen LogP contribution >= 0.6 is 0 Å². The Bertz CT molecular complexity index is 138. The van der Waals surface area contributed by atoms with Crippen LogP contribution in [0.15, 0.2) is 0 Å². The number of carbonyl (C=O) groups excluding carboxylic acids is 1. The van der Waals surface area contributed by atoms with Gasteiger partial charge >= 0.3 is 6.09 Å². The largest absolute Gasteiger partial charge is 0.452 e. The van der Waals surface area contributed by atoms with Gasteiger partial charge in [0, 0.05) is 13.6 Å². The number of hydrogen-bond acceptors (Lipinski definition) is 2. The van der Waals surface area contributed by atoms with Crippen molar-refractivity contribution in [2.75, 3.05) is 13.6 Å². The molecule has 0 aliphatic heterocycles. The summed E-state index contributed by atoms with van der Waals surface area (Å²) in [7, 11) is 1.37. The minimum atomic E-state index is -1.25. The first-order chi connectivity index (χ1) is 4.18. The number of hydrogen-bond donors (Lipinski definition) is 0. The minimum Gasteiger partial charge on any atom is -0.307 e. The summed E-state index contributed by atoms with van der Waals surface area (Å²) < 4.78 is 0. The van der Waals surface area contributed by atoms with Crippen LogP contribution in [0.1, 0.15) is 6.42 Å². The first kappa shape index (κ1) is 7.76. The molecular formula is C5H7N2O2. The molecule has 4 nitrogen and oxygen atoms in total. The summed E-state index contributed by atoms with van der Waals surface area (Å²) in [5.74, 6) is 0. The summed E-state index contributed by atoms with van der Waals surface area (Å²) >= 11 is 0.